The summed E-state index contributed by atoms with van der Waals surface area (Å²) in [5, 5.41) is 3.87. The molecule has 0 saturated carbocycles. The maximum absolute atomic E-state index is 13.0. The number of halogens is 2. The van der Waals surface area contributed by atoms with Crippen LogP contribution in [0.15, 0.2) is 24.3 Å². The smallest absolute Gasteiger partial charge is 0.250 e. The summed E-state index contributed by atoms with van der Waals surface area (Å²) in [6, 6.07) is 6.82. The number of carbonyl (C=O) groups is 2. The zero-order valence-corrected chi connectivity index (χ0v) is 23.1. The molecule has 0 radical (unpaired) electrons. The highest BCUT2D eigenvalue weighted by Crippen LogP contribution is 2.48. The molecule has 3 aromatic rings. The molecule has 0 unspecified atom stereocenters. The molecule has 4 rings (SSSR count). The first-order valence-corrected chi connectivity index (χ1v) is 12.3. The number of ketones is 1. The minimum absolute atomic E-state index is 0.0226. The van der Waals surface area contributed by atoms with Crippen LogP contribution in [0.1, 0.15) is 52.4 Å². The van der Waals surface area contributed by atoms with Crippen LogP contribution in [0.4, 0.5) is 11.4 Å². The van der Waals surface area contributed by atoms with Crippen LogP contribution < -0.4 is 25.3 Å². The molecule has 0 spiro atoms. The average molecular weight is 546 g/mol. The van der Waals surface area contributed by atoms with E-state index in [1.165, 1.54) is 21.3 Å². The molecule has 1 aromatic heterocycles. The summed E-state index contributed by atoms with van der Waals surface area (Å²) in [5.74, 6) is 0.380. The van der Waals surface area contributed by atoms with Gasteiger partial charge in [0.15, 0.2) is 17.3 Å². The van der Waals surface area contributed by atoms with Crippen molar-refractivity contribution in [2.24, 2.45) is 11.1 Å². The van der Waals surface area contributed by atoms with E-state index in [9.17, 15) is 9.59 Å². The van der Waals surface area contributed by atoms with Gasteiger partial charge in [-0.25, -0.2) is 0 Å². The lowest BCUT2D eigenvalue weighted by molar-refractivity contribution is 0.0910. The molecule has 0 fully saturated rings. The van der Waals surface area contributed by atoms with Crippen LogP contribution in [0.5, 0.6) is 17.2 Å². The number of amides is 1. The molecule has 2 aromatic carbocycles. The van der Waals surface area contributed by atoms with Gasteiger partial charge >= 0.3 is 0 Å². The van der Waals surface area contributed by atoms with E-state index in [1.54, 1.807) is 24.3 Å². The number of aromatic nitrogens is 1. The normalized spacial score (nSPS) is 14.2. The molecule has 1 aliphatic rings. The van der Waals surface area contributed by atoms with Crippen molar-refractivity contribution in [1.82, 2.24) is 4.57 Å². The number of methoxy groups -OCH3 is 3. The molecule has 37 heavy (non-hydrogen) atoms. The van der Waals surface area contributed by atoms with Gasteiger partial charge in [-0.15, -0.1) is 0 Å². The molecule has 1 amide bonds. The molecule has 1 heterocycles. The van der Waals surface area contributed by atoms with Crippen LogP contribution in [0.2, 0.25) is 10.0 Å². The standard InChI is InChI=1S/C27H29Cl2N3O5/c1-13-22(28)21-18(11-27(2,3)12-19(21)33)32(13)14-7-8-15(26(30)34)16(9-14)31-17-10-20(35-4)24(36-5)25(37-6)23(17)29/h7-10,31H,11-12H2,1-6H3,(H2,30,34). The first-order valence-electron chi connectivity index (χ1n) is 11.6. The van der Waals surface area contributed by atoms with E-state index >= 15 is 0 Å². The third kappa shape index (κ3) is 4.60. The van der Waals surface area contributed by atoms with Crippen molar-refractivity contribution in [3.05, 3.63) is 56.8 Å². The summed E-state index contributed by atoms with van der Waals surface area (Å²) in [6.45, 7) is 5.99. The fraction of sp³-hybridized carbons (Fsp3) is 0.333. The topological polar surface area (TPSA) is 105 Å². The van der Waals surface area contributed by atoms with E-state index in [2.05, 4.69) is 19.2 Å². The minimum atomic E-state index is -0.627. The zero-order valence-electron chi connectivity index (χ0n) is 21.5. The quantitative estimate of drug-likeness (QED) is 0.370. The SMILES string of the molecule is COc1cc(Nc2cc(-n3c(C)c(Cl)c4c3CC(C)(C)CC4=O)ccc2C(N)=O)c(Cl)c(OC)c1OC. The Kier molecular flexibility index (Phi) is 7.10. The van der Waals surface area contributed by atoms with Crippen molar-refractivity contribution in [3.63, 3.8) is 0 Å². The number of hydrogen-bond donors (Lipinski definition) is 2. The number of primary amides is 1. The lowest BCUT2D eigenvalue weighted by Gasteiger charge is -2.30. The number of carbonyl (C=O) groups excluding carboxylic acids is 2. The van der Waals surface area contributed by atoms with Crippen LogP contribution in [0.25, 0.3) is 5.69 Å². The Balaban J connectivity index is 1.90. The van der Waals surface area contributed by atoms with Gasteiger partial charge < -0.3 is 29.8 Å². The second-order valence-electron chi connectivity index (χ2n) is 9.72. The third-order valence-corrected chi connectivity index (χ3v) is 7.40. The van der Waals surface area contributed by atoms with Crippen molar-refractivity contribution in [3.8, 4) is 22.9 Å². The molecule has 0 aliphatic heterocycles. The fourth-order valence-corrected chi connectivity index (χ4v) is 5.47. The first kappa shape index (κ1) is 26.7. The number of nitrogens with zero attached hydrogens (tertiary/aromatic N) is 1. The van der Waals surface area contributed by atoms with Crippen molar-refractivity contribution in [1.29, 1.82) is 0 Å². The van der Waals surface area contributed by atoms with Crippen molar-refractivity contribution in [2.45, 2.75) is 33.6 Å². The molecule has 0 bridgehead atoms. The minimum Gasteiger partial charge on any atom is -0.493 e. The Morgan fingerprint density at radius 2 is 1.68 bits per heavy atom. The van der Waals surface area contributed by atoms with Gasteiger partial charge in [-0.05, 0) is 37.0 Å². The van der Waals surface area contributed by atoms with E-state index < -0.39 is 5.91 Å². The van der Waals surface area contributed by atoms with Crippen molar-refractivity contribution in [2.75, 3.05) is 26.6 Å². The number of fused-ring (bicyclic) bond motifs is 1. The Morgan fingerprint density at radius 1 is 1.00 bits per heavy atom. The molecule has 3 N–H and O–H groups in total. The van der Waals surface area contributed by atoms with E-state index in [1.807, 2.05) is 11.5 Å². The second kappa shape index (κ2) is 9.84. The largest absolute Gasteiger partial charge is 0.493 e. The van der Waals surface area contributed by atoms with Gasteiger partial charge in [-0.1, -0.05) is 37.0 Å². The van der Waals surface area contributed by atoms with Gasteiger partial charge in [0.25, 0.3) is 5.91 Å². The zero-order chi connectivity index (χ0) is 27.2. The molecule has 10 heteroatoms. The maximum atomic E-state index is 13.0. The highest BCUT2D eigenvalue weighted by molar-refractivity contribution is 6.35. The van der Waals surface area contributed by atoms with Gasteiger partial charge in [0, 0.05) is 29.6 Å². The summed E-state index contributed by atoms with van der Waals surface area (Å²) < 4.78 is 18.3. The Labute approximate surface area is 225 Å². The van der Waals surface area contributed by atoms with E-state index in [4.69, 9.17) is 43.1 Å². The second-order valence-corrected chi connectivity index (χ2v) is 10.5. The molecular formula is C27H29Cl2N3O5. The number of hydrogen-bond acceptors (Lipinski definition) is 6. The number of Topliss-reactive ketones (excluding diaryl/α,β-unsaturated/α-hetero) is 1. The van der Waals surface area contributed by atoms with Crippen LogP contribution in [0, 0.1) is 12.3 Å². The number of rotatable bonds is 7. The predicted octanol–water partition coefficient (Wildman–Crippen LogP) is 6.12. The Hall–Kier alpha value is -3.36. The molecule has 8 nitrogen and oxygen atoms in total. The monoisotopic (exact) mass is 545 g/mol. The van der Waals surface area contributed by atoms with Crippen LogP contribution in [-0.4, -0.2) is 37.6 Å². The predicted molar refractivity (Wildman–Crippen MR) is 145 cm³/mol. The first-order chi connectivity index (χ1) is 17.4. The number of nitrogens with two attached hydrogens (primary N) is 1. The maximum Gasteiger partial charge on any atom is 0.250 e. The lowest BCUT2D eigenvalue weighted by Crippen LogP contribution is -2.28. The Morgan fingerprint density at radius 3 is 2.27 bits per heavy atom. The number of benzene rings is 2. The molecule has 196 valence electrons. The number of anilines is 2. The average Bonchev–Trinajstić information content (AvgIpc) is 3.08. The van der Waals surface area contributed by atoms with Crippen LogP contribution >= 0.6 is 23.2 Å². The van der Waals surface area contributed by atoms with Crippen LogP contribution in [-0.2, 0) is 6.42 Å². The van der Waals surface area contributed by atoms with Gasteiger partial charge in [-0.3, -0.25) is 9.59 Å². The summed E-state index contributed by atoms with van der Waals surface area (Å²) in [7, 11) is 4.44. The van der Waals surface area contributed by atoms with E-state index in [0.717, 1.165) is 11.4 Å². The van der Waals surface area contributed by atoms with Gasteiger partial charge in [0.1, 0.15) is 5.02 Å². The molecule has 1 aliphatic carbocycles. The van der Waals surface area contributed by atoms with E-state index in [0.29, 0.717) is 52.0 Å². The van der Waals surface area contributed by atoms with Crippen LogP contribution in [0.3, 0.4) is 0 Å². The Bertz CT molecular complexity index is 1430. The van der Waals surface area contributed by atoms with Gasteiger partial charge in [0.2, 0.25) is 5.75 Å². The third-order valence-electron chi connectivity index (χ3n) is 6.56. The summed E-state index contributed by atoms with van der Waals surface area (Å²) in [5.41, 5.74) is 9.39. The van der Waals surface area contributed by atoms with E-state index in [-0.39, 0.29) is 27.5 Å². The van der Waals surface area contributed by atoms with Gasteiger partial charge in [0.05, 0.1) is 48.9 Å². The van der Waals surface area contributed by atoms with Crippen molar-refractivity contribution < 1.29 is 23.8 Å². The summed E-state index contributed by atoms with van der Waals surface area (Å²) in [4.78, 5) is 25.3. The molecular weight excluding hydrogens is 517 g/mol. The molecule has 0 atom stereocenters. The highest BCUT2D eigenvalue weighted by Gasteiger charge is 2.37. The van der Waals surface area contributed by atoms with Crippen molar-refractivity contribution >= 4 is 46.3 Å². The highest BCUT2D eigenvalue weighted by atomic mass is 35.5. The molecule has 0 saturated heterocycles. The lowest BCUT2D eigenvalue weighted by atomic mass is 9.76. The fourth-order valence-electron chi connectivity index (χ4n) is 4.91. The summed E-state index contributed by atoms with van der Waals surface area (Å²) in [6.07, 6.45) is 1.09. The number of nitrogens with one attached hydrogen (secondary N) is 1. The number of ether oxygens (including phenoxy) is 3. The van der Waals surface area contributed by atoms with Gasteiger partial charge in [-0.2, -0.15) is 0 Å². The summed E-state index contributed by atoms with van der Waals surface area (Å²) >= 11 is 13.3.